The van der Waals surface area contributed by atoms with E-state index in [1.165, 1.54) is 25.2 Å². The van der Waals surface area contributed by atoms with Crippen LogP contribution in [0.2, 0.25) is 0 Å². The van der Waals surface area contributed by atoms with Crippen LogP contribution in [0.4, 0.5) is 0 Å². The van der Waals surface area contributed by atoms with E-state index in [-0.39, 0.29) is 0 Å². The van der Waals surface area contributed by atoms with Crippen LogP contribution < -0.4 is 0 Å². The molecule has 3 rings (SSSR count). The SMILES string of the molecule is CC1(C2CC2)CN2CN=C21. The Hall–Kier alpha value is -0.530. The summed E-state index contributed by atoms with van der Waals surface area (Å²) in [5.41, 5.74) is 0.526. The highest BCUT2D eigenvalue weighted by Gasteiger charge is 2.57. The van der Waals surface area contributed by atoms with Gasteiger partial charge in [-0.1, -0.05) is 6.92 Å². The van der Waals surface area contributed by atoms with Crippen LogP contribution in [0.15, 0.2) is 4.99 Å². The maximum atomic E-state index is 4.39. The van der Waals surface area contributed by atoms with E-state index in [0.717, 1.165) is 12.6 Å². The van der Waals surface area contributed by atoms with E-state index in [2.05, 4.69) is 16.8 Å². The van der Waals surface area contributed by atoms with Crippen molar-refractivity contribution in [3.63, 3.8) is 0 Å². The third-order valence-electron chi connectivity index (χ3n) is 3.20. The van der Waals surface area contributed by atoms with Crippen LogP contribution in [0.3, 0.4) is 0 Å². The van der Waals surface area contributed by atoms with Gasteiger partial charge < -0.3 is 4.90 Å². The minimum Gasteiger partial charge on any atom is -0.339 e. The van der Waals surface area contributed by atoms with Gasteiger partial charge in [-0.25, -0.2) is 0 Å². The second kappa shape index (κ2) is 1.25. The molecular formula is C8H12N2. The zero-order chi connectivity index (χ0) is 6.77. The largest absolute Gasteiger partial charge is 0.339 e. The molecule has 2 heterocycles. The molecule has 10 heavy (non-hydrogen) atoms. The van der Waals surface area contributed by atoms with Gasteiger partial charge in [0.25, 0.3) is 0 Å². The lowest BCUT2D eigenvalue weighted by Gasteiger charge is -2.55. The number of fused-ring (bicyclic) bond motifs is 1. The third kappa shape index (κ3) is 0.386. The molecule has 0 N–H and O–H groups in total. The van der Waals surface area contributed by atoms with Crippen molar-refractivity contribution in [3.8, 4) is 0 Å². The molecule has 1 atom stereocenters. The normalized spacial score (nSPS) is 43.3. The highest BCUT2D eigenvalue weighted by molar-refractivity contribution is 5.97. The summed E-state index contributed by atoms with van der Waals surface area (Å²) in [5.74, 6) is 2.40. The lowest BCUT2D eigenvalue weighted by molar-refractivity contribution is 0.138. The first-order valence-electron chi connectivity index (χ1n) is 4.10. The van der Waals surface area contributed by atoms with E-state index < -0.39 is 0 Å². The molecule has 1 aliphatic carbocycles. The van der Waals surface area contributed by atoms with Gasteiger partial charge >= 0.3 is 0 Å². The summed E-state index contributed by atoms with van der Waals surface area (Å²) in [6.45, 7) is 4.65. The maximum Gasteiger partial charge on any atom is 0.113 e. The Kier molecular flexibility index (Phi) is 0.644. The summed E-state index contributed by atoms with van der Waals surface area (Å²) in [6, 6.07) is 0. The highest BCUT2D eigenvalue weighted by Crippen LogP contribution is 2.53. The first-order valence-corrected chi connectivity index (χ1v) is 4.10. The Morgan fingerprint density at radius 2 is 2.40 bits per heavy atom. The fourth-order valence-electron chi connectivity index (χ4n) is 2.32. The van der Waals surface area contributed by atoms with Crippen molar-refractivity contribution < 1.29 is 0 Å². The average molecular weight is 136 g/mol. The van der Waals surface area contributed by atoms with Crippen LogP contribution in [-0.4, -0.2) is 23.9 Å². The van der Waals surface area contributed by atoms with Crippen LogP contribution in [-0.2, 0) is 0 Å². The van der Waals surface area contributed by atoms with Gasteiger partial charge in [0.2, 0.25) is 0 Å². The van der Waals surface area contributed by atoms with Crippen LogP contribution >= 0.6 is 0 Å². The van der Waals surface area contributed by atoms with Gasteiger partial charge in [0, 0.05) is 12.0 Å². The first-order chi connectivity index (χ1) is 4.81. The molecule has 3 aliphatic rings. The van der Waals surface area contributed by atoms with E-state index in [4.69, 9.17) is 0 Å². The Morgan fingerprint density at radius 3 is 2.70 bits per heavy atom. The van der Waals surface area contributed by atoms with E-state index in [1.54, 1.807) is 0 Å². The van der Waals surface area contributed by atoms with Crippen molar-refractivity contribution in [3.05, 3.63) is 0 Å². The summed E-state index contributed by atoms with van der Waals surface area (Å²) in [4.78, 5) is 6.78. The molecule has 0 radical (unpaired) electrons. The summed E-state index contributed by atoms with van der Waals surface area (Å²) >= 11 is 0. The monoisotopic (exact) mass is 136 g/mol. The van der Waals surface area contributed by atoms with Crippen molar-refractivity contribution in [2.45, 2.75) is 19.8 Å². The van der Waals surface area contributed by atoms with Crippen LogP contribution in [0.25, 0.3) is 0 Å². The van der Waals surface area contributed by atoms with Crippen molar-refractivity contribution in [2.75, 3.05) is 13.2 Å². The molecule has 0 aromatic rings. The fraction of sp³-hybridized carbons (Fsp3) is 0.875. The Bertz CT molecular complexity index is 217. The highest BCUT2D eigenvalue weighted by atomic mass is 15.4. The number of nitrogens with zero attached hydrogens (tertiary/aromatic N) is 2. The molecule has 2 aliphatic heterocycles. The zero-order valence-electron chi connectivity index (χ0n) is 6.30. The number of rotatable bonds is 1. The lowest BCUT2D eigenvalue weighted by atomic mass is 9.74. The smallest absolute Gasteiger partial charge is 0.113 e. The molecule has 0 aromatic carbocycles. The first kappa shape index (κ1) is 5.16. The number of hydrogen-bond acceptors (Lipinski definition) is 2. The van der Waals surface area contributed by atoms with Crippen molar-refractivity contribution in [2.24, 2.45) is 16.3 Å². The van der Waals surface area contributed by atoms with Gasteiger partial charge in [-0.2, -0.15) is 0 Å². The summed E-state index contributed by atoms with van der Waals surface area (Å²) < 4.78 is 0. The molecule has 2 heteroatoms. The summed E-state index contributed by atoms with van der Waals surface area (Å²) in [5, 5.41) is 0. The Balaban J connectivity index is 1.92. The second-order valence-corrected chi connectivity index (χ2v) is 4.01. The lowest BCUT2D eigenvalue weighted by Crippen LogP contribution is -2.66. The van der Waals surface area contributed by atoms with Crippen LogP contribution in [0, 0.1) is 11.3 Å². The maximum absolute atomic E-state index is 4.39. The fourth-order valence-corrected chi connectivity index (χ4v) is 2.32. The van der Waals surface area contributed by atoms with Gasteiger partial charge in [0.05, 0.1) is 0 Å². The molecule has 1 saturated carbocycles. The summed E-state index contributed by atoms with van der Waals surface area (Å²) in [6.07, 6.45) is 2.90. The van der Waals surface area contributed by atoms with Crippen molar-refractivity contribution in [1.29, 1.82) is 0 Å². The molecule has 0 amide bonds. The van der Waals surface area contributed by atoms with Gasteiger partial charge in [0.15, 0.2) is 0 Å². The van der Waals surface area contributed by atoms with Crippen LogP contribution in [0.5, 0.6) is 0 Å². The number of hydrogen-bond donors (Lipinski definition) is 0. The number of aliphatic imine (C=N–C) groups is 1. The second-order valence-electron chi connectivity index (χ2n) is 4.01. The molecule has 1 saturated heterocycles. The zero-order valence-corrected chi connectivity index (χ0v) is 6.30. The molecule has 0 aromatic heterocycles. The van der Waals surface area contributed by atoms with Gasteiger partial charge in [0.1, 0.15) is 12.5 Å². The molecule has 54 valence electrons. The topological polar surface area (TPSA) is 15.6 Å². The minimum atomic E-state index is 0.526. The minimum absolute atomic E-state index is 0.526. The Labute approximate surface area is 60.9 Å². The van der Waals surface area contributed by atoms with Gasteiger partial charge in [-0.05, 0) is 18.8 Å². The van der Waals surface area contributed by atoms with Gasteiger partial charge in [-0.3, -0.25) is 4.99 Å². The molecule has 2 nitrogen and oxygen atoms in total. The predicted octanol–water partition coefficient (Wildman–Crippen LogP) is 1.09. The molecule has 0 bridgehead atoms. The van der Waals surface area contributed by atoms with Gasteiger partial charge in [-0.15, -0.1) is 0 Å². The predicted molar refractivity (Wildman–Crippen MR) is 39.8 cm³/mol. The molecular weight excluding hydrogens is 124 g/mol. The summed E-state index contributed by atoms with van der Waals surface area (Å²) in [7, 11) is 0. The van der Waals surface area contributed by atoms with E-state index in [1.807, 2.05) is 0 Å². The molecule has 0 spiro atoms. The standard InChI is InChI=1S/C8H12N2/c1-8(6-2-3-6)4-10-5-9-7(8)10/h6H,2-5H2,1H3. The van der Waals surface area contributed by atoms with Crippen molar-refractivity contribution >= 4 is 5.84 Å². The number of amidine groups is 1. The van der Waals surface area contributed by atoms with Crippen LogP contribution in [0.1, 0.15) is 19.8 Å². The quantitative estimate of drug-likeness (QED) is 0.527. The average Bonchev–Trinajstić information content (AvgIpc) is 2.61. The van der Waals surface area contributed by atoms with E-state index in [0.29, 0.717) is 5.41 Å². The Morgan fingerprint density at radius 1 is 1.60 bits per heavy atom. The third-order valence-corrected chi connectivity index (χ3v) is 3.20. The molecule has 1 unspecified atom stereocenters. The molecule has 2 fully saturated rings. The van der Waals surface area contributed by atoms with E-state index in [9.17, 15) is 0 Å². The van der Waals surface area contributed by atoms with Crippen molar-refractivity contribution in [1.82, 2.24) is 4.90 Å². The van der Waals surface area contributed by atoms with E-state index >= 15 is 0 Å².